The fraction of sp³-hybridized carbons (Fsp3) is 0.0769. The van der Waals surface area contributed by atoms with Gasteiger partial charge in [0.05, 0.1) is 0 Å². The summed E-state index contributed by atoms with van der Waals surface area (Å²) >= 11 is 0. The molecule has 0 aliphatic heterocycles. The predicted molar refractivity (Wildman–Crippen MR) is 62.0 cm³/mol. The Balaban J connectivity index is 2.42. The van der Waals surface area contributed by atoms with Crippen molar-refractivity contribution in [1.29, 1.82) is 0 Å². The number of hydrogen-bond acceptors (Lipinski definition) is 3. The maximum Gasteiger partial charge on any atom is 0.193 e. The molecular formula is C13H12N2O. The van der Waals surface area contributed by atoms with Crippen LogP contribution in [0.5, 0.6) is 0 Å². The number of rotatable bonds is 3. The molecule has 0 aliphatic carbocycles. The average Bonchev–Trinajstić information content (AvgIpc) is 2.39. The Hall–Kier alpha value is -2.00. The zero-order valence-corrected chi connectivity index (χ0v) is 8.76. The lowest BCUT2D eigenvalue weighted by molar-refractivity contribution is 0.103. The maximum atomic E-state index is 12.1. The van der Waals surface area contributed by atoms with Crippen LogP contribution in [0.3, 0.4) is 0 Å². The molecule has 0 bridgehead atoms. The average molecular weight is 212 g/mol. The first-order valence-electron chi connectivity index (χ1n) is 5.05. The van der Waals surface area contributed by atoms with Crippen molar-refractivity contribution in [3.8, 4) is 0 Å². The number of carbonyl (C=O) groups is 1. The summed E-state index contributed by atoms with van der Waals surface area (Å²) in [7, 11) is 0. The van der Waals surface area contributed by atoms with E-state index in [1.807, 2.05) is 18.2 Å². The van der Waals surface area contributed by atoms with Crippen LogP contribution in [0.1, 0.15) is 21.5 Å². The van der Waals surface area contributed by atoms with Gasteiger partial charge in [0.25, 0.3) is 0 Å². The van der Waals surface area contributed by atoms with Gasteiger partial charge in [-0.1, -0.05) is 24.3 Å². The van der Waals surface area contributed by atoms with Crippen molar-refractivity contribution in [2.24, 2.45) is 5.73 Å². The van der Waals surface area contributed by atoms with Crippen molar-refractivity contribution in [3.63, 3.8) is 0 Å². The van der Waals surface area contributed by atoms with E-state index in [9.17, 15) is 4.79 Å². The van der Waals surface area contributed by atoms with Crippen LogP contribution in [-0.4, -0.2) is 10.8 Å². The summed E-state index contributed by atoms with van der Waals surface area (Å²) in [5.74, 6) is -0.0107. The van der Waals surface area contributed by atoms with Gasteiger partial charge in [-0.05, 0) is 17.7 Å². The molecule has 3 nitrogen and oxygen atoms in total. The van der Waals surface area contributed by atoms with Crippen molar-refractivity contribution in [2.75, 3.05) is 0 Å². The number of pyridine rings is 1. The maximum absolute atomic E-state index is 12.1. The molecule has 1 aromatic heterocycles. The molecule has 0 amide bonds. The summed E-state index contributed by atoms with van der Waals surface area (Å²) in [6.07, 6.45) is 3.22. The van der Waals surface area contributed by atoms with Gasteiger partial charge in [0.1, 0.15) is 0 Å². The lowest BCUT2D eigenvalue weighted by Crippen LogP contribution is -2.08. The molecule has 1 aromatic carbocycles. The Kier molecular flexibility index (Phi) is 3.08. The summed E-state index contributed by atoms with van der Waals surface area (Å²) in [6.45, 7) is 0.368. The third-order valence-electron chi connectivity index (χ3n) is 2.42. The number of ketones is 1. The van der Waals surface area contributed by atoms with Crippen LogP contribution in [0, 0.1) is 0 Å². The molecule has 0 atom stereocenters. The lowest BCUT2D eigenvalue weighted by atomic mass is 9.99. The number of hydrogen-bond donors (Lipinski definition) is 1. The standard InChI is InChI=1S/C13H12N2O/c14-9-11-3-1-2-4-12(11)13(16)10-5-7-15-8-6-10/h1-8H,9,14H2. The SMILES string of the molecule is NCc1ccccc1C(=O)c1ccncc1. The summed E-state index contributed by atoms with van der Waals surface area (Å²) < 4.78 is 0. The molecule has 2 aromatic rings. The molecular weight excluding hydrogens is 200 g/mol. The van der Waals surface area contributed by atoms with Crippen LogP contribution in [0.15, 0.2) is 48.8 Å². The Bertz CT molecular complexity index is 494. The van der Waals surface area contributed by atoms with Crippen molar-refractivity contribution < 1.29 is 4.79 Å². The summed E-state index contributed by atoms with van der Waals surface area (Å²) in [6, 6.07) is 10.8. The first kappa shape index (κ1) is 10.5. The molecule has 0 fully saturated rings. The highest BCUT2D eigenvalue weighted by Gasteiger charge is 2.11. The highest BCUT2D eigenvalue weighted by molar-refractivity contribution is 6.09. The Morgan fingerprint density at radius 3 is 2.50 bits per heavy atom. The minimum atomic E-state index is -0.0107. The van der Waals surface area contributed by atoms with E-state index < -0.39 is 0 Å². The zero-order valence-electron chi connectivity index (χ0n) is 8.76. The normalized spacial score (nSPS) is 10.1. The second-order valence-corrected chi connectivity index (χ2v) is 3.43. The third-order valence-corrected chi connectivity index (χ3v) is 2.42. The van der Waals surface area contributed by atoms with Crippen LogP contribution in [-0.2, 0) is 6.54 Å². The first-order valence-corrected chi connectivity index (χ1v) is 5.05. The first-order chi connectivity index (χ1) is 7.83. The van der Waals surface area contributed by atoms with Gasteiger partial charge in [-0.2, -0.15) is 0 Å². The largest absolute Gasteiger partial charge is 0.326 e. The molecule has 16 heavy (non-hydrogen) atoms. The van der Waals surface area contributed by atoms with Gasteiger partial charge in [-0.15, -0.1) is 0 Å². The van der Waals surface area contributed by atoms with Crippen LogP contribution in [0.2, 0.25) is 0 Å². The highest BCUT2D eigenvalue weighted by Crippen LogP contribution is 2.13. The van der Waals surface area contributed by atoms with Crippen molar-refractivity contribution in [3.05, 3.63) is 65.5 Å². The molecule has 0 radical (unpaired) electrons. The van der Waals surface area contributed by atoms with Crippen molar-refractivity contribution in [2.45, 2.75) is 6.54 Å². The molecule has 0 spiro atoms. The molecule has 1 heterocycles. The van der Waals surface area contributed by atoms with Gasteiger partial charge >= 0.3 is 0 Å². The van der Waals surface area contributed by atoms with E-state index in [1.54, 1.807) is 30.6 Å². The Morgan fingerprint density at radius 2 is 1.81 bits per heavy atom. The fourth-order valence-corrected chi connectivity index (χ4v) is 1.58. The van der Waals surface area contributed by atoms with Gasteiger partial charge in [-0.25, -0.2) is 0 Å². The van der Waals surface area contributed by atoms with E-state index in [4.69, 9.17) is 5.73 Å². The van der Waals surface area contributed by atoms with E-state index in [1.165, 1.54) is 0 Å². The van der Waals surface area contributed by atoms with Crippen LogP contribution in [0.25, 0.3) is 0 Å². The second kappa shape index (κ2) is 4.68. The van der Waals surface area contributed by atoms with Gasteiger partial charge in [-0.3, -0.25) is 9.78 Å². The molecule has 0 aliphatic rings. The van der Waals surface area contributed by atoms with E-state index in [0.717, 1.165) is 5.56 Å². The topological polar surface area (TPSA) is 56.0 Å². The van der Waals surface area contributed by atoms with E-state index in [-0.39, 0.29) is 5.78 Å². The minimum Gasteiger partial charge on any atom is -0.326 e. The molecule has 0 unspecified atom stereocenters. The number of benzene rings is 1. The smallest absolute Gasteiger partial charge is 0.193 e. The van der Waals surface area contributed by atoms with Crippen molar-refractivity contribution in [1.82, 2.24) is 4.98 Å². The molecule has 3 heteroatoms. The lowest BCUT2D eigenvalue weighted by Gasteiger charge is -2.05. The summed E-state index contributed by atoms with van der Waals surface area (Å²) in [4.78, 5) is 16.0. The van der Waals surface area contributed by atoms with E-state index in [0.29, 0.717) is 17.7 Å². The number of aromatic nitrogens is 1. The molecule has 80 valence electrons. The predicted octanol–water partition coefficient (Wildman–Crippen LogP) is 1.77. The van der Waals surface area contributed by atoms with Gasteiger partial charge < -0.3 is 5.73 Å². The zero-order chi connectivity index (χ0) is 11.4. The quantitative estimate of drug-likeness (QED) is 0.789. The third kappa shape index (κ3) is 1.99. The van der Waals surface area contributed by atoms with Crippen LogP contribution >= 0.6 is 0 Å². The van der Waals surface area contributed by atoms with Crippen molar-refractivity contribution >= 4 is 5.78 Å². The number of carbonyl (C=O) groups excluding carboxylic acids is 1. The van der Waals surface area contributed by atoms with E-state index >= 15 is 0 Å². The Labute approximate surface area is 93.9 Å². The summed E-state index contributed by atoms with van der Waals surface area (Å²) in [5.41, 5.74) is 7.77. The second-order valence-electron chi connectivity index (χ2n) is 3.43. The Morgan fingerprint density at radius 1 is 1.12 bits per heavy atom. The summed E-state index contributed by atoms with van der Waals surface area (Å²) in [5, 5.41) is 0. The monoisotopic (exact) mass is 212 g/mol. The van der Waals surface area contributed by atoms with E-state index in [2.05, 4.69) is 4.98 Å². The molecule has 2 rings (SSSR count). The number of nitrogens with two attached hydrogens (primary N) is 1. The van der Waals surface area contributed by atoms with Gasteiger partial charge in [0, 0.05) is 30.1 Å². The fourth-order valence-electron chi connectivity index (χ4n) is 1.58. The molecule has 0 saturated heterocycles. The highest BCUT2D eigenvalue weighted by atomic mass is 16.1. The van der Waals surface area contributed by atoms with Gasteiger partial charge in [0.2, 0.25) is 0 Å². The molecule has 0 saturated carbocycles. The minimum absolute atomic E-state index is 0.0107. The van der Waals surface area contributed by atoms with Crippen LogP contribution in [0.4, 0.5) is 0 Å². The number of nitrogens with zero attached hydrogens (tertiary/aromatic N) is 1. The molecule has 2 N–H and O–H groups in total. The van der Waals surface area contributed by atoms with Crippen LogP contribution < -0.4 is 5.73 Å². The van der Waals surface area contributed by atoms with Gasteiger partial charge in [0.15, 0.2) is 5.78 Å².